The van der Waals surface area contributed by atoms with Crippen molar-refractivity contribution >= 4 is 0 Å². The highest BCUT2D eigenvalue weighted by atomic mass is 16.5. The van der Waals surface area contributed by atoms with Crippen molar-refractivity contribution in [3.8, 4) is 22.9 Å². The molecule has 0 radical (unpaired) electrons. The van der Waals surface area contributed by atoms with E-state index in [-0.39, 0.29) is 6.04 Å². The number of rotatable bonds is 5. The van der Waals surface area contributed by atoms with Crippen molar-refractivity contribution in [2.45, 2.75) is 13.0 Å². The summed E-state index contributed by atoms with van der Waals surface area (Å²) in [4.78, 5) is 4.44. The van der Waals surface area contributed by atoms with Crippen molar-refractivity contribution in [3.63, 3.8) is 0 Å². The number of aromatic nitrogens is 4. The van der Waals surface area contributed by atoms with Crippen molar-refractivity contribution < 1.29 is 14.0 Å². The summed E-state index contributed by atoms with van der Waals surface area (Å²) in [6.07, 6.45) is 3.56. The van der Waals surface area contributed by atoms with Crippen LogP contribution in [0.1, 0.15) is 18.9 Å². The molecule has 0 aliphatic carbocycles. The second kappa shape index (κ2) is 5.88. The minimum Gasteiger partial charge on any atom is -0.497 e. The Morgan fingerprint density at radius 2 is 2.09 bits per heavy atom. The van der Waals surface area contributed by atoms with Crippen LogP contribution in [0.5, 0.6) is 11.5 Å². The van der Waals surface area contributed by atoms with Crippen LogP contribution in [0.4, 0.5) is 0 Å². The molecule has 0 aliphatic heterocycles. The second-order valence-corrected chi connectivity index (χ2v) is 4.68. The average molecular weight is 300 g/mol. The molecule has 0 saturated carbocycles. The third-order valence-electron chi connectivity index (χ3n) is 3.37. The maximum absolute atomic E-state index is 5.36. The first-order valence-corrected chi connectivity index (χ1v) is 6.78. The largest absolute Gasteiger partial charge is 0.497 e. The highest BCUT2D eigenvalue weighted by Gasteiger charge is 2.19. The number of hydrogen-bond acceptors (Lipinski definition) is 6. The van der Waals surface area contributed by atoms with Gasteiger partial charge in [-0.25, -0.2) is 0 Å². The van der Waals surface area contributed by atoms with Crippen molar-refractivity contribution in [2.24, 2.45) is 0 Å². The van der Waals surface area contributed by atoms with E-state index in [9.17, 15) is 0 Å². The highest BCUT2D eigenvalue weighted by Crippen LogP contribution is 2.32. The van der Waals surface area contributed by atoms with Crippen molar-refractivity contribution in [3.05, 3.63) is 42.5 Å². The fraction of sp³-hybridized carbons (Fsp3) is 0.267. The van der Waals surface area contributed by atoms with Gasteiger partial charge in [-0.05, 0) is 25.1 Å². The first-order valence-electron chi connectivity index (χ1n) is 6.78. The number of hydrogen-bond donors (Lipinski definition) is 0. The Morgan fingerprint density at radius 3 is 2.77 bits per heavy atom. The lowest BCUT2D eigenvalue weighted by Crippen LogP contribution is -2.07. The zero-order valence-corrected chi connectivity index (χ0v) is 12.6. The zero-order valence-electron chi connectivity index (χ0n) is 12.6. The predicted molar refractivity (Wildman–Crippen MR) is 78.9 cm³/mol. The van der Waals surface area contributed by atoms with Gasteiger partial charge in [0.05, 0.1) is 19.8 Å². The van der Waals surface area contributed by atoms with Crippen molar-refractivity contribution in [2.75, 3.05) is 14.2 Å². The fourth-order valence-corrected chi connectivity index (χ4v) is 2.12. The molecule has 0 amide bonds. The molecular formula is C15H16N4O3. The average Bonchev–Trinajstić information content (AvgIpc) is 3.25. The molecule has 0 aliphatic rings. The third kappa shape index (κ3) is 2.52. The Hall–Kier alpha value is -2.83. The Kier molecular flexibility index (Phi) is 3.78. The lowest BCUT2D eigenvalue weighted by Gasteiger charge is -2.07. The van der Waals surface area contributed by atoms with E-state index in [1.165, 1.54) is 0 Å². The second-order valence-electron chi connectivity index (χ2n) is 4.68. The molecule has 7 nitrogen and oxygen atoms in total. The minimum absolute atomic E-state index is 0.138. The standard InChI is InChI=1S/C15H16N4O3/c1-10(19-8-4-7-16-19)15-17-14(18-22-15)12-6-5-11(20-2)9-13(12)21-3/h4-10H,1-3H3/t10-/m0/s1. The maximum atomic E-state index is 5.36. The van der Waals surface area contributed by atoms with E-state index >= 15 is 0 Å². The Bertz CT molecular complexity index is 752. The van der Waals surface area contributed by atoms with Crippen LogP contribution in [0.25, 0.3) is 11.4 Å². The van der Waals surface area contributed by atoms with Gasteiger partial charge in [0, 0.05) is 18.5 Å². The molecule has 0 saturated heterocycles. The Balaban J connectivity index is 1.94. The van der Waals surface area contributed by atoms with E-state index in [0.717, 1.165) is 5.56 Å². The third-order valence-corrected chi connectivity index (χ3v) is 3.37. The molecule has 0 N–H and O–H groups in total. The Morgan fingerprint density at radius 1 is 1.23 bits per heavy atom. The quantitative estimate of drug-likeness (QED) is 0.721. The first-order chi connectivity index (χ1) is 10.7. The van der Waals surface area contributed by atoms with Crippen LogP contribution in [0.2, 0.25) is 0 Å². The summed E-state index contributed by atoms with van der Waals surface area (Å²) in [5, 5.41) is 8.21. The predicted octanol–water partition coefficient (Wildman–Crippen LogP) is 2.56. The van der Waals surface area contributed by atoms with Crippen LogP contribution in [-0.2, 0) is 0 Å². The molecule has 1 aromatic carbocycles. The molecule has 0 unspecified atom stereocenters. The maximum Gasteiger partial charge on any atom is 0.251 e. The van der Waals surface area contributed by atoms with Crippen LogP contribution >= 0.6 is 0 Å². The summed E-state index contributed by atoms with van der Waals surface area (Å²) in [5.41, 5.74) is 0.742. The minimum atomic E-state index is -0.138. The van der Waals surface area contributed by atoms with E-state index in [0.29, 0.717) is 23.2 Å². The molecule has 7 heteroatoms. The number of nitrogens with zero attached hydrogens (tertiary/aromatic N) is 4. The number of benzene rings is 1. The summed E-state index contributed by atoms with van der Waals surface area (Å²) < 4.78 is 17.7. The molecule has 22 heavy (non-hydrogen) atoms. The highest BCUT2D eigenvalue weighted by molar-refractivity contribution is 5.65. The fourth-order valence-electron chi connectivity index (χ4n) is 2.12. The van der Waals surface area contributed by atoms with Crippen LogP contribution < -0.4 is 9.47 Å². The SMILES string of the molecule is COc1ccc(-c2noc([C@H](C)n3cccn3)n2)c(OC)c1. The topological polar surface area (TPSA) is 75.2 Å². The van der Waals surface area contributed by atoms with E-state index < -0.39 is 0 Å². The lowest BCUT2D eigenvalue weighted by atomic mass is 10.2. The zero-order chi connectivity index (χ0) is 15.5. The molecule has 0 spiro atoms. The van der Waals surface area contributed by atoms with Gasteiger partial charge in [-0.1, -0.05) is 5.16 Å². The van der Waals surface area contributed by atoms with Gasteiger partial charge in [-0.3, -0.25) is 4.68 Å². The molecule has 3 aromatic rings. The van der Waals surface area contributed by atoms with Gasteiger partial charge in [0.15, 0.2) is 0 Å². The summed E-state index contributed by atoms with van der Waals surface area (Å²) in [6.45, 7) is 1.94. The Labute approximate surface area is 127 Å². The molecule has 0 fully saturated rings. The van der Waals surface area contributed by atoms with Crippen molar-refractivity contribution in [1.82, 2.24) is 19.9 Å². The van der Waals surface area contributed by atoms with Gasteiger partial charge in [0.25, 0.3) is 5.89 Å². The van der Waals surface area contributed by atoms with Gasteiger partial charge in [0.2, 0.25) is 5.82 Å². The molecular weight excluding hydrogens is 284 g/mol. The van der Waals surface area contributed by atoms with Crippen molar-refractivity contribution in [1.29, 1.82) is 0 Å². The molecule has 0 bridgehead atoms. The van der Waals surface area contributed by atoms with Gasteiger partial charge >= 0.3 is 0 Å². The van der Waals surface area contributed by atoms with Gasteiger partial charge in [-0.15, -0.1) is 0 Å². The molecule has 2 heterocycles. The molecule has 3 rings (SSSR count). The summed E-state index contributed by atoms with van der Waals surface area (Å²) >= 11 is 0. The molecule has 114 valence electrons. The summed E-state index contributed by atoms with van der Waals surface area (Å²) in [6, 6.07) is 7.15. The van der Waals surface area contributed by atoms with E-state index in [4.69, 9.17) is 14.0 Å². The number of ether oxygens (including phenoxy) is 2. The summed E-state index contributed by atoms with van der Waals surface area (Å²) in [5.74, 6) is 2.28. The number of methoxy groups -OCH3 is 2. The van der Waals surface area contributed by atoms with Crippen LogP contribution in [0, 0.1) is 0 Å². The molecule has 1 atom stereocenters. The smallest absolute Gasteiger partial charge is 0.251 e. The normalized spacial score (nSPS) is 12.1. The van der Waals surface area contributed by atoms with Gasteiger partial charge in [-0.2, -0.15) is 10.1 Å². The van der Waals surface area contributed by atoms with E-state index in [1.54, 1.807) is 31.2 Å². The monoisotopic (exact) mass is 300 g/mol. The lowest BCUT2D eigenvalue weighted by molar-refractivity contribution is 0.336. The van der Waals surface area contributed by atoms with Crippen LogP contribution in [0.3, 0.4) is 0 Å². The van der Waals surface area contributed by atoms with E-state index in [1.807, 2.05) is 31.3 Å². The van der Waals surface area contributed by atoms with E-state index in [2.05, 4.69) is 15.2 Å². The first kappa shape index (κ1) is 14.1. The molecule has 2 aromatic heterocycles. The van der Waals surface area contributed by atoms with Crippen LogP contribution in [-0.4, -0.2) is 34.1 Å². The summed E-state index contributed by atoms with van der Waals surface area (Å²) in [7, 11) is 3.19. The van der Waals surface area contributed by atoms with Gasteiger partial charge < -0.3 is 14.0 Å². The van der Waals surface area contributed by atoms with Gasteiger partial charge in [0.1, 0.15) is 17.5 Å². The van der Waals surface area contributed by atoms with Crippen LogP contribution in [0.15, 0.2) is 41.2 Å².